The Morgan fingerprint density at radius 1 is 1.23 bits per heavy atom. The first-order valence-corrected chi connectivity index (χ1v) is 7.46. The fraction of sp³-hybridized carbons (Fsp3) is 0.353. The number of aryl methyl sites for hydroxylation is 1. The highest BCUT2D eigenvalue weighted by Gasteiger charge is 2.36. The molecule has 1 fully saturated rings. The first kappa shape index (κ1) is 14.7. The van der Waals surface area contributed by atoms with Crippen LogP contribution in [0.3, 0.4) is 0 Å². The number of rotatable bonds is 4. The molecule has 1 aliphatic rings. The molecule has 2 aromatic rings. The van der Waals surface area contributed by atoms with Crippen molar-refractivity contribution in [1.29, 1.82) is 0 Å². The van der Waals surface area contributed by atoms with E-state index in [4.69, 9.17) is 0 Å². The summed E-state index contributed by atoms with van der Waals surface area (Å²) in [4.78, 5) is 21.0. The van der Waals surface area contributed by atoms with Gasteiger partial charge in [0.2, 0.25) is 0 Å². The van der Waals surface area contributed by atoms with E-state index in [2.05, 4.69) is 15.3 Å². The molecule has 0 bridgehead atoms. The summed E-state index contributed by atoms with van der Waals surface area (Å²) in [7, 11) is 0. The molecule has 114 valence electrons. The average Bonchev–Trinajstić information content (AvgIpc) is 2.51. The number of hydrogen-bond donors (Lipinski definition) is 2. The third-order valence-corrected chi connectivity index (χ3v) is 4.14. The number of aliphatic hydroxyl groups excluding tert-OH is 1. The molecule has 22 heavy (non-hydrogen) atoms. The minimum Gasteiger partial charge on any atom is -0.393 e. The molecule has 1 aliphatic carbocycles. The number of carbonyl (C=O) groups excluding carboxylic acids is 1. The second-order valence-electron chi connectivity index (χ2n) is 5.76. The third-order valence-electron chi connectivity index (χ3n) is 4.14. The van der Waals surface area contributed by atoms with Gasteiger partial charge in [0.15, 0.2) is 0 Å². The number of nitrogens with zero attached hydrogens (tertiary/aromatic N) is 2. The lowest BCUT2D eigenvalue weighted by Gasteiger charge is -2.37. The predicted molar refractivity (Wildman–Crippen MR) is 82.1 cm³/mol. The third kappa shape index (κ3) is 2.99. The lowest BCUT2D eigenvalue weighted by atomic mass is 9.76. The van der Waals surface area contributed by atoms with E-state index >= 15 is 0 Å². The molecule has 0 unspecified atom stereocenters. The summed E-state index contributed by atoms with van der Waals surface area (Å²) in [6.45, 7) is 1.87. The molecule has 3 rings (SSSR count). The number of carbonyl (C=O) groups is 1. The first-order valence-electron chi connectivity index (χ1n) is 7.46. The van der Waals surface area contributed by atoms with Crippen molar-refractivity contribution in [3.8, 4) is 0 Å². The molecule has 0 spiro atoms. The van der Waals surface area contributed by atoms with Crippen molar-refractivity contribution < 1.29 is 9.90 Å². The van der Waals surface area contributed by atoms with Gasteiger partial charge in [0.25, 0.3) is 5.91 Å². The Morgan fingerprint density at radius 2 is 2.00 bits per heavy atom. The Hall–Kier alpha value is -2.27. The van der Waals surface area contributed by atoms with E-state index in [9.17, 15) is 9.90 Å². The fourth-order valence-electron chi connectivity index (χ4n) is 2.83. The minimum absolute atomic E-state index is 0.196. The van der Waals surface area contributed by atoms with E-state index < -0.39 is 0 Å². The zero-order valence-corrected chi connectivity index (χ0v) is 12.4. The van der Waals surface area contributed by atoms with E-state index in [0.29, 0.717) is 18.5 Å². The van der Waals surface area contributed by atoms with E-state index in [-0.39, 0.29) is 24.0 Å². The zero-order valence-electron chi connectivity index (χ0n) is 12.4. The number of hydrogen-bond acceptors (Lipinski definition) is 4. The Kier molecular flexibility index (Phi) is 4.15. The predicted octanol–water partition coefficient (Wildman–Crippen LogP) is 2.03. The second kappa shape index (κ2) is 6.23. The number of aromatic nitrogens is 2. The Morgan fingerprint density at radius 3 is 2.64 bits per heavy atom. The summed E-state index contributed by atoms with van der Waals surface area (Å²) < 4.78 is 0. The van der Waals surface area contributed by atoms with Gasteiger partial charge in [0.1, 0.15) is 5.69 Å². The van der Waals surface area contributed by atoms with Crippen LogP contribution in [0.25, 0.3) is 0 Å². The van der Waals surface area contributed by atoms with Crippen molar-refractivity contribution in [3.05, 3.63) is 59.7 Å². The molecule has 0 radical (unpaired) electrons. The smallest absolute Gasteiger partial charge is 0.270 e. The lowest BCUT2D eigenvalue weighted by molar-refractivity contribution is 0.0227. The van der Waals surface area contributed by atoms with Gasteiger partial charge in [-0.05, 0) is 49.4 Å². The monoisotopic (exact) mass is 297 g/mol. The summed E-state index contributed by atoms with van der Waals surface area (Å²) in [6, 6.07) is 9.14. The zero-order chi connectivity index (χ0) is 15.5. The quantitative estimate of drug-likeness (QED) is 0.905. The molecule has 0 aromatic carbocycles. The second-order valence-corrected chi connectivity index (χ2v) is 5.76. The van der Waals surface area contributed by atoms with Crippen LogP contribution in [0, 0.1) is 12.8 Å². The van der Waals surface area contributed by atoms with Gasteiger partial charge in [-0.15, -0.1) is 0 Å². The van der Waals surface area contributed by atoms with Crippen LogP contribution in [0.5, 0.6) is 0 Å². The largest absolute Gasteiger partial charge is 0.393 e. The Labute approximate surface area is 129 Å². The highest BCUT2D eigenvalue weighted by molar-refractivity contribution is 5.93. The molecule has 2 heterocycles. The number of amides is 1. The van der Waals surface area contributed by atoms with Gasteiger partial charge in [-0.3, -0.25) is 14.8 Å². The van der Waals surface area contributed by atoms with Crippen LogP contribution in [-0.4, -0.2) is 27.1 Å². The van der Waals surface area contributed by atoms with Gasteiger partial charge in [-0.1, -0.05) is 12.1 Å². The summed E-state index contributed by atoms with van der Waals surface area (Å²) in [5.74, 6) is 0.00742. The lowest BCUT2D eigenvalue weighted by Crippen LogP contribution is -2.42. The Balaban J connectivity index is 1.81. The average molecular weight is 297 g/mol. The summed E-state index contributed by atoms with van der Waals surface area (Å²) in [6.07, 6.45) is 4.43. The normalized spacial score (nSPS) is 21.7. The SMILES string of the molecule is Cc1cccnc1C(=O)N[C@H](c1ccccn1)C1CC(O)C1. The van der Waals surface area contributed by atoms with Gasteiger partial charge in [0, 0.05) is 12.4 Å². The van der Waals surface area contributed by atoms with Gasteiger partial charge in [-0.25, -0.2) is 0 Å². The van der Waals surface area contributed by atoms with Crippen molar-refractivity contribution in [2.45, 2.75) is 31.9 Å². The number of aliphatic hydroxyl groups is 1. The Bertz CT molecular complexity index is 654. The highest BCUT2D eigenvalue weighted by Crippen LogP contribution is 2.37. The molecule has 2 aromatic heterocycles. The van der Waals surface area contributed by atoms with Crippen LogP contribution in [0.15, 0.2) is 42.7 Å². The van der Waals surface area contributed by atoms with E-state index in [1.807, 2.05) is 37.3 Å². The van der Waals surface area contributed by atoms with E-state index in [1.54, 1.807) is 12.4 Å². The van der Waals surface area contributed by atoms with Crippen LogP contribution < -0.4 is 5.32 Å². The maximum absolute atomic E-state index is 12.5. The van der Waals surface area contributed by atoms with Crippen LogP contribution >= 0.6 is 0 Å². The molecule has 1 amide bonds. The molecular formula is C17H19N3O2. The van der Waals surface area contributed by atoms with Crippen LogP contribution in [0.2, 0.25) is 0 Å². The van der Waals surface area contributed by atoms with Crippen LogP contribution in [-0.2, 0) is 0 Å². The number of pyridine rings is 2. The van der Waals surface area contributed by atoms with Crippen molar-refractivity contribution in [3.63, 3.8) is 0 Å². The van der Waals surface area contributed by atoms with Crippen molar-refractivity contribution in [1.82, 2.24) is 15.3 Å². The topological polar surface area (TPSA) is 75.1 Å². The number of nitrogens with one attached hydrogen (secondary N) is 1. The molecular weight excluding hydrogens is 278 g/mol. The highest BCUT2D eigenvalue weighted by atomic mass is 16.3. The minimum atomic E-state index is -0.273. The summed E-state index contributed by atoms with van der Waals surface area (Å²) in [5.41, 5.74) is 2.10. The van der Waals surface area contributed by atoms with Gasteiger partial charge in [0.05, 0.1) is 17.8 Å². The maximum atomic E-state index is 12.5. The molecule has 2 N–H and O–H groups in total. The molecule has 0 aliphatic heterocycles. The molecule has 5 nitrogen and oxygen atoms in total. The maximum Gasteiger partial charge on any atom is 0.270 e. The molecule has 0 saturated heterocycles. The molecule has 5 heteroatoms. The standard InChI is InChI=1S/C17H19N3O2/c1-11-5-4-8-19-15(11)17(22)20-16(12-9-13(21)10-12)14-6-2-3-7-18-14/h2-8,12-13,16,21H,9-10H2,1H3,(H,20,22)/t12?,13?,16-/m0/s1. The summed E-state index contributed by atoms with van der Waals surface area (Å²) >= 11 is 0. The van der Waals surface area contributed by atoms with Crippen LogP contribution in [0.4, 0.5) is 0 Å². The van der Waals surface area contributed by atoms with Crippen molar-refractivity contribution >= 4 is 5.91 Å². The van der Waals surface area contributed by atoms with Crippen molar-refractivity contribution in [2.75, 3.05) is 0 Å². The first-order chi connectivity index (χ1) is 10.6. The van der Waals surface area contributed by atoms with Crippen LogP contribution in [0.1, 0.15) is 40.6 Å². The molecule has 1 atom stereocenters. The fourth-order valence-corrected chi connectivity index (χ4v) is 2.83. The van der Waals surface area contributed by atoms with Gasteiger partial charge >= 0.3 is 0 Å². The van der Waals surface area contributed by atoms with Gasteiger partial charge < -0.3 is 10.4 Å². The van der Waals surface area contributed by atoms with Crippen molar-refractivity contribution in [2.24, 2.45) is 5.92 Å². The molecule has 1 saturated carbocycles. The van der Waals surface area contributed by atoms with E-state index in [1.165, 1.54) is 0 Å². The van der Waals surface area contributed by atoms with E-state index in [0.717, 1.165) is 11.3 Å². The van der Waals surface area contributed by atoms with Gasteiger partial charge in [-0.2, -0.15) is 0 Å². The summed E-state index contributed by atoms with van der Waals surface area (Å²) in [5, 5.41) is 12.6.